The normalized spacial score (nSPS) is 15.2. The van der Waals surface area contributed by atoms with Crippen LogP contribution in [0.25, 0.3) is 17.0 Å². The minimum atomic E-state index is -0.113. The Kier molecular flexibility index (Phi) is 4.92. The van der Waals surface area contributed by atoms with E-state index in [1.54, 1.807) is 0 Å². The average molecular weight is 426 g/mol. The van der Waals surface area contributed by atoms with Crippen LogP contribution in [0.15, 0.2) is 95.7 Å². The quantitative estimate of drug-likeness (QED) is 0.361. The number of hydrogen-bond acceptors (Lipinski definition) is 2. The second-order valence-corrected chi connectivity index (χ2v) is 7.99. The predicted molar refractivity (Wildman–Crippen MR) is 128 cm³/mol. The molecule has 31 heavy (non-hydrogen) atoms. The summed E-state index contributed by atoms with van der Waals surface area (Å²) in [6.45, 7) is 2.59. The minimum absolute atomic E-state index is 0.113. The standard InChI is InChI=1S/C26H20ClN3O/c1-18-24(26(31)30(28-18)22-7-3-2-4-8-22)15-20-17-29(25-10-6-5-9-23(20)25)16-19-11-13-21(27)14-12-19/h2-15,17H,16H2,1H3/b24-15+. The summed E-state index contributed by atoms with van der Waals surface area (Å²) < 4.78 is 2.20. The number of halogens is 1. The summed E-state index contributed by atoms with van der Waals surface area (Å²) >= 11 is 6.03. The van der Waals surface area contributed by atoms with Crippen molar-refractivity contribution in [1.29, 1.82) is 0 Å². The molecule has 0 atom stereocenters. The fourth-order valence-corrected chi connectivity index (χ4v) is 4.02. The third kappa shape index (κ3) is 3.66. The van der Waals surface area contributed by atoms with E-state index in [4.69, 9.17) is 11.6 Å². The topological polar surface area (TPSA) is 37.6 Å². The van der Waals surface area contributed by atoms with Crippen molar-refractivity contribution in [2.75, 3.05) is 5.01 Å². The van der Waals surface area contributed by atoms with E-state index in [9.17, 15) is 4.79 Å². The Morgan fingerprint density at radius 2 is 1.65 bits per heavy atom. The summed E-state index contributed by atoms with van der Waals surface area (Å²) in [5, 5.41) is 7.79. The van der Waals surface area contributed by atoms with Gasteiger partial charge < -0.3 is 4.57 Å². The molecule has 1 aliphatic rings. The zero-order valence-corrected chi connectivity index (χ0v) is 17.8. The number of anilines is 1. The fourth-order valence-electron chi connectivity index (χ4n) is 3.89. The van der Waals surface area contributed by atoms with Crippen molar-refractivity contribution < 1.29 is 4.79 Å². The van der Waals surface area contributed by atoms with E-state index in [0.717, 1.165) is 39.3 Å². The highest BCUT2D eigenvalue weighted by Crippen LogP contribution is 2.29. The van der Waals surface area contributed by atoms with Crippen molar-refractivity contribution in [2.24, 2.45) is 5.10 Å². The molecule has 4 aromatic rings. The number of fused-ring (bicyclic) bond motifs is 1. The maximum absolute atomic E-state index is 13.1. The summed E-state index contributed by atoms with van der Waals surface area (Å²) in [6, 6.07) is 25.6. The van der Waals surface area contributed by atoms with Crippen LogP contribution in [0.4, 0.5) is 5.69 Å². The van der Waals surface area contributed by atoms with E-state index in [-0.39, 0.29) is 5.91 Å². The van der Waals surface area contributed by atoms with Crippen LogP contribution in [0.2, 0.25) is 5.02 Å². The van der Waals surface area contributed by atoms with E-state index in [0.29, 0.717) is 11.3 Å². The zero-order valence-electron chi connectivity index (χ0n) is 17.0. The van der Waals surface area contributed by atoms with Gasteiger partial charge in [-0.1, -0.05) is 60.1 Å². The van der Waals surface area contributed by atoms with Crippen LogP contribution >= 0.6 is 11.6 Å². The number of aromatic nitrogens is 1. The van der Waals surface area contributed by atoms with Crippen LogP contribution in [-0.4, -0.2) is 16.2 Å². The molecule has 152 valence electrons. The third-order valence-corrected chi connectivity index (χ3v) is 5.70. The number of carbonyl (C=O) groups is 1. The van der Waals surface area contributed by atoms with Gasteiger partial charge in [-0.15, -0.1) is 0 Å². The van der Waals surface area contributed by atoms with Crippen molar-refractivity contribution in [3.05, 3.63) is 107 Å². The van der Waals surface area contributed by atoms with Crippen molar-refractivity contribution in [3.8, 4) is 0 Å². The van der Waals surface area contributed by atoms with Gasteiger partial charge in [0.15, 0.2) is 0 Å². The van der Waals surface area contributed by atoms with Crippen LogP contribution in [-0.2, 0) is 11.3 Å². The summed E-state index contributed by atoms with van der Waals surface area (Å²) in [6.07, 6.45) is 4.04. The largest absolute Gasteiger partial charge is 0.342 e. The highest BCUT2D eigenvalue weighted by Gasteiger charge is 2.28. The molecule has 0 N–H and O–H groups in total. The van der Waals surface area contributed by atoms with Gasteiger partial charge in [-0.25, -0.2) is 0 Å². The number of nitrogens with zero attached hydrogens (tertiary/aromatic N) is 3. The number of hydrazone groups is 1. The molecule has 0 saturated heterocycles. The molecule has 1 aliphatic heterocycles. The number of para-hydroxylation sites is 2. The van der Waals surface area contributed by atoms with Crippen LogP contribution in [0.5, 0.6) is 0 Å². The van der Waals surface area contributed by atoms with Gasteiger partial charge in [0.05, 0.1) is 17.0 Å². The highest BCUT2D eigenvalue weighted by molar-refractivity contribution is 6.32. The maximum atomic E-state index is 13.1. The van der Waals surface area contributed by atoms with Crippen LogP contribution in [0, 0.1) is 0 Å². The Morgan fingerprint density at radius 3 is 2.42 bits per heavy atom. The summed E-state index contributed by atoms with van der Waals surface area (Å²) in [5.41, 5.74) is 5.36. The lowest BCUT2D eigenvalue weighted by Gasteiger charge is -2.10. The van der Waals surface area contributed by atoms with E-state index in [1.165, 1.54) is 5.01 Å². The summed E-state index contributed by atoms with van der Waals surface area (Å²) in [5.74, 6) is -0.113. The van der Waals surface area contributed by atoms with Gasteiger partial charge in [0.25, 0.3) is 5.91 Å². The molecule has 2 heterocycles. The molecule has 3 aromatic carbocycles. The molecule has 0 aliphatic carbocycles. The monoisotopic (exact) mass is 425 g/mol. The Balaban J connectivity index is 1.53. The second-order valence-electron chi connectivity index (χ2n) is 7.55. The Morgan fingerprint density at radius 1 is 0.935 bits per heavy atom. The second kappa shape index (κ2) is 7.89. The number of carbonyl (C=O) groups excluding carboxylic acids is 1. The van der Waals surface area contributed by atoms with Gasteiger partial charge in [0.2, 0.25) is 0 Å². The lowest BCUT2D eigenvalue weighted by Crippen LogP contribution is -2.21. The van der Waals surface area contributed by atoms with E-state index in [2.05, 4.69) is 28.0 Å². The first-order chi connectivity index (χ1) is 15.1. The molecule has 5 rings (SSSR count). The van der Waals surface area contributed by atoms with Crippen molar-refractivity contribution >= 4 is 45.9 Å². The molecule has 1 amide bonds. The smallest absolute Gasteiger partial charge is 0.280 e. The molecule has 1 aromatic heterocycles. The molecule has 5 heteroatoms. The molecule has 0 radical (unpaired) electrons. The molecular weight excluding hydrogens is 406 g/mol. The maximum Gasteiger partial charge on any atom is 0.280 e. The van der Waals surface area contributed by atoms with E-state index in [1.807, 2.05) is 79.7 Å². The lowest BCUT2D eigenvalue weighted by atomic mass is 10.1. The lowest BCUT2D eigenvalue weighted by molar-refractivity contribution is -0.114. The first-order valence-corrected chi connectivity index (χ1v) is 10.5. The van der Waals surface area contributed by atoms with Crippen molar-refractivity contribution in [2.45, 2.75) is 13.5 Å². The number of hydrogen-bond donors (Lipinski definition) is 0. The average Bonchev–Trinajstić information content (AvgIpc) is 3.28. The number of benzene rings is 3. The Labute approximate surface area is 185 Å². The number of amides is 1. The van der Waals surface area contributed by atoms with Gasteiger partial charge in [0, 0.05) is 34.2 Å². The highest BCUT2D eigenvalue weighted by atomic mass is 35.5. The number of rotatable bonds is 4. The summed E-state index contributed by atoms with van der Waals surface area (Å²) in [7, 11) is 0. The first-order valence-electron chi connectivity index (χ1n) is 10.1. The molecular formula is C26H20ClN3O. The molecule has 0 spiro atoms. The zero-order chi connectivity index (χ0) is 21.4. The van der Waals surface area contributed by atoms with Crippen molar-refractivity contribution in [3.63, 3.8) is 0 Å². The van der Waals surface area contributed by atoms with Crippen LogP contribution < -0.4 is 5.01 Å². The molecule has 0 unspecified atom stereocenters. The molecule has 0 fully saturated rings. The van der Waals surface area contributed by atoms with E-state index >= 15 is 0 Å². The molecule has 0 saturated carbocycles. The predicted octanol–water partition coefficient (Wildman–Crippen LogP) is 6.15. The van der Waals surface area contributed by atoms with Gasteiger partial charge >= 0.3 is 0 Å². The van der Waals surface area contributed by atoms with E-state index < -0.39 is 0 Å². The minimum Gasteiger partial charge on any atom is -0.342 e. The van der Waals surface area contributed by atoms with Crippen LogP contribution in [0.3, 0.4) is 0 Å². The van der Waals surface area contributed by atoms with Crippen LogP contribution in [0.1, 0.15) is 18.1 Å². The SMILES string of the molecule is CC1=NN(c2ccccc2)C(=O)/C1=C/c1cn(Cc2ccc(Cl)cc2)c2ccccc12. The van der Waals surface area contributed by atoms with Gasteiger partial charge in [-0.05, 0) is 48.9 Å². The third-order valence-electron chi connectivity index (χ3n) is 5.45. The van der Waals surface area contributed by atoms with Gasteiger partial charge in [-0.3, -0.25) is 4.79 Å². The Bertz CT molecular complexity index is 1330. The Hall–Kier alpha value is -3.63. The van der Waals surface area contributed by atoms with Crippen molar-refractivity contribution in [1.82, 2.24) is 4.57 Å². The first kappa shape index (κ1) is 19.3. The molecule has 0 bridgehead atoms. The fraction of sp³-hybridized carbons (Fsp3) is 0.0769. The summed E-state index contributed by atoms with van der Waals surface area (Å²) in [4.78, 5) is 13.1. The molecule has 4 nitrogen and oxygen atoms in total. The van der Waals surface area contributed by atoms with Gasteiger partial charge in [0.1, 0.15) is 0 Å². The van der Waals surface area contributed by atoms with Gasteiger partial charge in [-0.2, -0.15) is 10.1 Å².